The van der Waals surface area contributed by atoms with Gasteiger partial charge in [-0.05, 0) is 48.0 Å². The van der Waals surface area contributed by atoms with E-state index < -0.39 is 0 Å². The van der Waals surface area contributed by atoms with Crippen LogP contribution in [0.25, 0.3) is 0 Å². The second kappa shape index (κ2) is 10.0. The van der Waals surface area contributed by atoms with Gasteiger partial charge >= 0.3 is 0 Å². The molecule has 6 heteroatoms. The number of carbonyl (C=O) groups excluding carboxylic acids is 1. The van der Waals surface area contributed by atoms with Gasteiger partial charge in [-0.25, -0.2) is 0 Å². The first kappa shape index (κ1) is 20.1. The van der Waals surface area contributed by atoms with Crippen molar-refractivity contribution in [1.29, 1.82) is 0 Å². The van der Waals surface area contributed by atoms with E-state index in [-0.39, 0.29) is 12.5 Å². The highest BCUT2D eigenvalue weighted by Gasteiger charge is 2.06. The molecular formula is C22H20Cl2N2O2. The Hall–Kier alpha value is -2.69. The van der Waals surface area contributed by atoms with Crippen molar-refractivity contribution in [2.75, 3.05) is 23.8 Å². The maximum atomic E-state index is 12.1. The van der Waals surface area contributed by atoms with Crippen molar-refractivity contribution >= 4 is 40.5 Å². The van der Waals surface area contributed by atoms with E-state index in [1.54, 1.807) is 18.2 Å². The van der Waals surface area contributed by atoms with Crippen LogP contribution in [0.4, 0.5) is 11.4 Å². The van der Waals surface area contributed by atoms with Crippen LogP contribution in [-0.2, 0) is 11.2 Å². The Balaban J connectivity index is 1.43. The number of ether oxygens (including phenoxy) is 1. The molecule has 3 rings (SSSR count). The average molecular weight is 415 g/mol. The summed E-state index contributed by atoms with van der Waals surface area (Å²) in [7, 11) is 0. The Morgan fingerprint density at radius 1 is 0.929 bits per heavy atom. The first-order chi connectivity index (χ1) is 13.6. The molecule has 1 amide bonds. The minimum absolute atomic E-state index is 0.118. The lowest BCUT2D eigenvalue weighted by Gasteiger charge is -2.10. The molecule has 2 N–H and O–H groups in total. The number of amides is 1. The fraction of sp³-hybridized carbons (Fsp3) is 0.136. The van der Waals surface area contributed by atoms with Gasteiger partial charge in [0.15, 0.2) is 0 Å². The molecule has 0 saturated carbocycles. The fourth-order valence-corrected chi connectivity index (χ4v) is 3.02. The van der Waals surface area contributed by atoms with Crippen LogP contribution in [0.2, 0.25) is 10.0 Å². The first-order valence-corrected chi connectivity index (χ1v) is 9.61. The molecule has 0 aromatic heterocycles. The van der Waals surface area contributed by atoms with Crippen LogP contribution < -0.4 is 15.4 Å². The van der Waals surface area contributed by atoms with Crippen molar-refractivity contribution in [2.45, 2.75) is 6.42 Å². The zero-order valence-corrected chi connectivity index (χ0v) is 16.6. The van der Waals surface area contributed by atoms with Crippen molar-refractivity contribution in [2.24, 2.45) is 0 Å². The minimum Gasteiger partial charge on any atom is -0.493 e. The molecule has 0 spiro atoms. The number of nitrogens with one attached hydrogen (secondary N) is 2. The van der Waals surface area contributed by atoms with Crippen LogP contribution in [0.1, 0.15) is 5.56 Å². The van der Waals surface area contributed by atoms with Crippen LogP contribution in [0, 0.1) is 0 Å². The molecule has 0 aliphatic carbocycles. The lowest BCUT2D eigenvalue weighted by Crippen LogP contribution is -2.21. The normalized spacial score (nSPS) is 10.4. The van der Waals surface area contributed by atoms with E-state index >= 15 is 0 Å². The molecule has 0 atom stereocenters. The zero-order chi connectivity index (χ0) is 19.8. The van der Waals surface area contributed by atoms with Gasteiger partial charge in [0, 0.05) is 17.1 Å². The van der Waals surface area contributed by atoms with Gasteiger partial charge in [-0.15, -0.1) is 0 Å². The van der Waals surface area contributed by atoms with Crippen molar-refractivity contribution < 1.29 is 9.53 Å². The molecule has 4 nitrogen and oxygen atoms in total. The molecule has 0 saturated heterocycles. The number of rotatable bonds is 8. The minimum atomic E-state index is -0.201. The summed E-state index contributed by atoms with van der Waals surface area (Å²) in [5.41, 5.74) is 2.60. The van der Waals surface area contributed by atoms with Gasteiger partial charge in [0.25, 0.3) is 0 Å². The topological polar surface area (TPSA) is 50.4 Å². The van der Waals surface area contributed by atoms with Gasteiger partial charge in [0.1, 0.15) is 5.75 Å². The summed E-state index contributed by atoms with van der Waals surface area (Å²) in [5.74, 6) is 0.589. The number of anilines is 2. The van der Waals surface area contributed by atoms with Crippen molar-refractivity contribution in [3.05, 3.63) is 88.4 Å². The fourth-order valence-electron chi connectivity index (χ4n) is 2.57. The number of hydrogen-bond donors (Lipinski definition) is 2. The summed E-state index contributed by atoms with van der Waals surface area (Å²) in [5, 5.41) is 6.74. The molecule has 0 aliphatic rings. The van der Waals surface area contributed by atoms with Crippen molar-refractivity contribution in [3.8, 4) is 5.75 Å². The van der Waals surface area contributed by atoms with E-state index in [2.05, 4.69) is 22.8 Å². The molecule has 0 radical (unpaired) electrons. The Labute approximate surface area is 174 Å². The molecule has 0 aliphatic heterocycles. The predicted octanol–water partition coefficient (Wildman–Crippen LogP) is 5.67. The predicted molar refractivity (Wildman–Crippen MR) is 116 cm³/mol. The maximum absolute atomic E-state index is 12.1. The summed E-state index contributed by atoms with van der Waals surface area (Å²) in [6, 6.07) is 22.6. The lowest BCUT2D eigenvalue weighted by molar-refractivity contribution is -0.114. The van der Waals surface area contributed by atoms with Gasteiger partial charge in [0.2, 0.25) is 5.91 Å². The molecule has 3 aromatic carbocycles. The Morgan fingerprint density at radius 2 is 1.68 bits per heavy atom. The molecule has 3 aromatic rings. The van der Waals surface area contributed by atoms with E-state index in [1.165, 1.54) is 5.56 Å². The Morgan fingerprint density at radius 3 is 2.39 bits per heavy atom. The van der Waals surface area contributed by atoms with E-state index in [9.17, 15) is 4.79 Å². The van der Waals surface area contributed by atoms with Crippen LogP contribution in [0.3, 0.4) is 0 Å². The van der Waals surface area contributed by atoms with Crippen LogP contribution in [-0.4, -0.2) is 19.1 Å². The number of carbonyl (C=O) groups is 1. The monoisotopic (exact) mass is 414 g/mol. The third-order valence-electron chi connectivity index (χ3n) is 4.01. The van der Waals surface area contributed by atoms with Crippen LogP contribution in [0.15, 0.2) is 72.8 Å². The van der Waals surface area contributed by atoms with Gasteiger partial charge in [-0.1, -0.05) is 53.5 Å². The quantitative estimate of drug-likeness (QED) is 0.499. The number of hydrogen-bond acceptors (Lipinski definition) is 3. The van der Waals surface area contributed by atoms with E-state index in [4.69, 9.17) is 27.9 Å². The SMILES string of the molecule is O=C(CNc1ccc(OCCc2ccccc2)cc1)Nc1ccc(Cl)cc1Cl. The van der Waals surface area contributed by atoms with E-state index in [0.717, 1.165) is 17.9 Å². The van der Waals surface area contributed by atoms with Gasteiger partial charge in [-0.3, -0.25) is 4.79 Å². The van der Waals surface area contributed by atoms with Gasteiger partial charge in [-0.2, -0.15) is 0 Å². The second-order valence-electron chi connectivity index (χ2n) is 6.13. The summed E-state index contributed by atoms with van der Waals surface area (Å²) in [4.78, 5) is 12.1. The molecule has 28 heavy (non-hydrogen) atoms. The third-order valence-corrected chi connectivity index (χ3v) is 4.56. The summed E-state index contributed by atoms with van der Waals surface area (Å²) >= 11 is 11.9. The molecular weight excluding hydrogens is 395 g/mol. The van der Waals surface area contributed by atoms with Crippen molar-refractivity contribution in [1.82, 2.24) is 0 Å². The summed E-state index contributed by atoms with van der Waals surface area (Å²) in [6.07, 6.45) is 0.855. The maximum Gasteiger partial charge on any atom is 0.243 e. The zero-order valence-electron chi connectivity index (χ0n) is 15.1. The first-order valence-electron chi connectivity index (χ1n) is 8.86. The highest BCUT2D eigenvalue weighted by molar-refractivity contribution is 6.36. The van der Waals surface area contributed by atoms with Crippen molar-refractivity contribution in [3.63, 3.8) is 0 Å². The Bertz CT molecular complexity index is 916. The van der Waals surface area contributed by atoms with Crippen LogP contribution >= 0.6 is 23.2 Å². The summed E-state index contributed by atoms with van der Waals surface area (Å²) < 4.78 is 5.76. The summed E-state index contributed by atoms with van der Waals surface area (Å²) in [6.45, 7) is 0.730. The van der Waals surface area contributed by atoms with Crippen LogP contribution in [0.5, 0.6) is 5.75 Å². The average Bonchev–Trinajstić information content (AvgIpc) is 2.70. The molecule has 0 bridgehead atoms. The van der Waals surface area contributed by atoms with Gasteiger partial charge in [0.05, 0.1) is 23.9 Å². The Kier molecular flexibility index (Phi) is 7.18. The number of halogens is 2. The molecule has 0 unspecified atom stereocenters. The van der Waals surface area contributed by atoms with E-state index in [1.807, 2.05) is 42.5 Å². The van der Waals surface area contributed by atoms with E-state index in [0.29, 0.717) is 22.3 Å². The molecule has 144 valence electrons. The third kappa shape index (κ3) is 6.19. The number of benzene rings is 3. The van der Waals surface area contributed by atoms with Gasteiger partial charge < -0.3 is 15.4 Å². The molecule has 0 fully saturated rings. The second-order valence-corrected chi connectivity index (χ2v) is 6.98. The molecule has 0 heterocycles. The highest BCUT2D eigenvalue weighted by atomic mass is 35.5. The highest BCUT2D eigenvalue weighted by Crippen LogP contribution is 2.25. The smallest absolute Gasteiger partial charge is 0.243 e. The largest absolute Gasteiger partial charge is 0.493 e. The standard InChI is InChI=1S/C22H20Cl2N2O2/c23-17-6-11-21(20(24)14-17)26-22(27)15-25-18-7-9-19(10-8-18)28-13-12-16-4-2-1-3-5-16/h1-11,14,25H,12-13,15H2,(H,26,27). The lowest BCUT2D eigenvalue weighted by atomic mass is 10.2.